The van der Waals surface area contributed by atoms with Crippen molar-refractivity contribution >= 4 is 11.6 Å². The van der Waals surface area contributed by atoms with E-state index in [0.29, 0.717) is 12.5 Å². The summed E-state index contributed by atoms with van der Waals surface area (Å²) in [6.45, 7) is 2.16. The zero-order chi connectivity index (χ0) is 13.0. The predicted octanol–water partition coefficient (Wildman–Crippen LogP) is 2.49. The van der Waals surface area contributed by atoms with Crippen molar-refractivity contribution in [1.82, 2.24) is 5.32 Å². The number of hydrogen-bond donors (Lipinski definition) is 2. The van der Waals surface area contributed by atoms with Crippen molar-refractivity contribution in [2.24, 2.45) is 0 Å². The van der Waals surface area contributed by atoms with E-state index in [1.807, 2.05) is 25.2 Å². The lowest BCUT2D eigenvalue weighted by atomic mass is 9.90. The molecule has 1 saturated heterocycles. The Bertz CT molecular complexity index is 391. The van der Waals surface area contributed by atoms with Gasteiger partial charge in [0, 0.05) is 24.8 Å². The lowest BCUT2D eigenvalue weighted by Crippen LogP contribution is -2.17. The number of aliphatic hydroxyl groups excluding tert-OH is 1. The number of ether oxygens (including phenoxy) is 1. The third-order valence-electron chi connectivity index (χ3n) is 3.47. The van der Waals surface area contributed by atoms with Crippen molar-refractivity contribution in [3.63, 3.8) is 0 Å². The van der Waals surface area contributed by atoms with Crippen LogP contribution in [0.5, 0.6) is 0 Å². The average molecular weight is 270 g/mol. The molecule has 2 N–H and O–H groups in total. The topological polar surface area (TPSA) is 41.5 Å². The molecule has 4 heteroatoms. The normalized spacial score (nSPS) is 18.8. The van der Waals surface area contributed by atoms with Crippen LogP contribution >= 0.6 is 11.6 Å². The zero-order valence-corrected chi connectivity index (χ0v) is 11.4. The van der Waals surface area contributed by atoms with Gasteiger partial charge in [-0.05, 0) is 43.0 Å². The third kappa shape index (κ3) is 3.23. The van der Waals surface area contributed by atoms with Crippen molar-refractivity contribution in [2.75, 3.05) is 26.8 Å². The van der Waals surface area contributed by atoms with E-state index in [9.17, 15) is 5.11 Å². The van der Waals surface area contributed by atoms with E-state index < -0.39 is 6.10 Å². The maximum absolute atomic E-state index is 9.91. The molecule has 0 spiro atoms. The quantitative estimate of drug-likeness (QED) is 0.882. The average Bonchev–Trinajstić information content (AvgIpc) is 2.40. The molecule has 100 valence electrons. The summed E-state index contributed by atoms with van der Waals surface area (Å²) < 4.78 is 5.36. The molecular formula is C14H20ClNO2. The van der Waals surface area contributed by atoms with Crippen molar-refractivity contribution in [1.29, 1.82) is 0 Å². The van der Waals surface area contributed by atoms with E-state index in [4.69, 9.17) is 16.3 Å². The van der Waals surface area contributed by atoms with Crippen LogP contribution in [-0.2, 0) is 4.74 Å². The molecule has 3 nitrogen and oxygen atoms in total. The molecule has 18 heavy (non-hydrogen) atoms. The summed E-state index contributed by atoms with van der Waals surface area (Å²) in [5, 5.41) is 13.6. The van der Waals surface area contributed by atoms with Gasteiger partial charge in [0.15, 0.2) is 0 Å². The first-order chi connectivity index (χ1) is 8.72. The van der Waals surface area contributed by atoms with Crippen LogP contribution in [0.1, 0.15) is 36.0 Å². The van der Waals surface area contributed by atoms with E-state index in [1.54, 1.807) is 0 Å². The van der Waals surface area contributed by atoms with Gasteiger partial charge in [-0.3, -0.25) is 0 Å². The number of halogens is 1. The van der Waals surface area contributed by atoms with E-state index in [2.05, 4.69) is 5.32 Å². The van der Waals surface area contributed by atoms with E-state index in [-0.39, 0.29) is 0 Å². The molecule has 1 unspecified atom stereocenters. The molecular weight excluding hydrogens is 250 g/mol. The monoisotopic (exact) mass is 269 g/mol. The van der Waals surface area contributed by atoms with Crippen molar-refractivity contribution in [2.45, 2.75) is 24.9 Å². The Morgan fingerprint density at radius 1 is 1.44 bits per heavy atom. The van der Waals surface area contributed by atoms with Crippen LogP contribution in [-0.4, -0.2) is 31.9 Å². The second kappa shape index (κ2) is 6.53. The predicted molar refractivity (Wildman–Crippen MR) is 73.1 cm³/mol. The van der Waals surface area contributed by atoms with Gasteiger partial charge in [0.25, 0.3) is 0 Å². The Hall–Kier alpha value is -0.610. The van der Waals surface area contributed by atoms with Gasteiger partial charge in [0.05, 0.1) is 6.10 Å². The fourth-order valence-electron chi connectivity index (χ4n) is 2.40. The summed E-state index contributed by atoms with van der Waals surface area (Å²) in [7, 11) is 1.82. The maximum Gasteiger partial charge on any atom is 0.0914 e. The van der Waals surface area contributed by atoms with Gasteiger partial charge in [-0.15, -0.1) is 0 Å². The molecule has 1 fully saturated rings. The first-order valence-electron chi connectivity index (χ1n) is 6.42. The van der Waals surface area contributed by atoms with Crippen LogP contribution in [0, 0.1) is 0 Å². The van der Waals surface area contributed by atoms with Crippen molar-refractivity contribution in [3.05, 3.63) is 34.3 Å². The van der Waals surface area contributed by atoms with Gasteiger partial charge in [-0.2, -0.15) is 0 Å². The number of benzene rings is 1. The fraction of sp³-hybridized carbons (Fsp3) is 0.571. The van der Waals surface area contributed by atoms with E-state index >= 15 is 0 Å². The van der Waals surface area contributed by atoms with Gasteiger partial charge in [0.2, 0.25) is 0 Å². The third-order valence-corrected chi connectivity index (χ3v) is 3.80. The second-order valence-electron chi connectivity index (χ2n) is 4.74. The highest BCUT2D eigenvalue weighted by Gasteiger charge is 2.19. The van der Waals surface area contributed by atoms with E-state index in [0.717, 1.165) is 36.6 Å². The first kappa shape index (κ1) is 13.8. The van der Waals surface area contributed by atoms with Crippen LogP contribution in [0.25, 0.3) is 0 Å². The Labute approximate surface area is 113 Å². The standard InChI is InChI=1S/C14H20ClNO2/c1-16-9-14(17)11-2-3-12(13(15)8-11)10-4-6-18-7-5-10/h2-3,8,10,14,16-17H,4-7,9H2,1H3. The highest BCUT2D eigenvalue weighted by atomic mass is 35.5. The number of rotatable bonds is 4. The summed E-state index contributed by atoms with van der Waals surface area (Å²) in [5.41, 5.74) is 2.05. The smallest absolute Gasteiger partial charge is 0.0914 e. The lowest BCUT2D eigenvalue weighted by molar-refractivity contribution is 0.0853. The zero-order valence-electron chi connectivity index (χ0n) is 10.7. The highest BCUT2D eigenvalue weighted by molar-refractivity contribution is 6.31. The van der Waals surface area contributed by atoms with Gasteiger partial charge in [-0.1, -0.05) is 23.7 Å². The molecule has 0 amide bonds. The van der Waals surface area contributed by atoms with Crippen LogP contribution in [0.4, 0.5) is 0 Å². The molecule has 2 rings (SSSR count). The maximum atomic E-state index is 9.91. The Morgan fingerprint density at radius 3 is 2.78 bits per heavy atom. The molecule has 1 atom stereocenters. The van der Waals surface area contributed by atoms with Crippen LogP contribution < -0.4 is 5.32 Å². The molecule has 0 aliphatic carbocycles. The summed E-state index contributed by atoms with van der Waals surface area (Å²) in [6.07, 6.45) is 1.55. The molecule has 0 radical (unpaired) electrons. The molecule has 1 aromatic carbocycles. The molecule has 1 aromatic rings. The SMILES string of the molecule is CNCC(O)c1ccc(C2CCOCC2)c(Cl)c1. The molecule has 0 bridgehead atoms. The Morgan fingerprint density at radius 2 is 2.17 bits per heavy atom. The molecule has 0 aromatic heterocycles. The molecule has 1 aliphatic heterocycles. The summed E-state index contributed by atoms with van der Waals surface area (Å²) >= 11 is 6.33. The summed E-state index contributed by atoms with van der Waals surface area (Å²) in [4.78, 5) is 0. The van der Waals surface area contributed by atoms with Gasteiger partial charge < -0.3 is 15.2 Å². The molecule has 1 aliphatic rings. The number of hydrogen-bond acceptors (Lipinski definition) is 3. The van der Waals surface area contributed by atoms with Crippen LogP contribution in [0.3, 0.4) is 0 Å². The van der Waals surface area contributed by atoms with E-state index in [1.165, 1.54) is 5.56 Å². The molecule has 0 saturated carbocycles. The van der Waals surface area contributed by atoms with Crippen LogP contribution in [0.15, 0.2) is 18.2 Å². The Kier molecular flexibility index (Phi) is 5.01. The van der Waals surface area contributed by atoms with Gasteiger partial charge >= 0.3 is 0 Å². The highest BCUT2D eigenvalue weighted by Crippen LogP contribution is 2.33. The van der Waals surface area contributed by atoms with Gasteiger partial charge in [0.1, 0.15) is 0 Å². The number of nitrogens with one attached hydrogen (secondary N) is 1. The molecule has 1 heterocycles. The van der Waals surface area contributed by atoms with Crippen LogP contribution in [0.2, 0.25) is 5.02 Å². The van der Waals surface area contributed by atoms with Crippen molar-refractivity contribution < 1.29 is 9.84 Å². The minimum atomic E-state index is -0.503. The number of aliphatic hydroxyl groups is 1. The minimum Gasteiger partial charge on any atom is -0.387 e. The number of likely N-dealkylation sites (N-methyl/N-ethyl adjacent to an activating group) is 1. The largest absolute Gasteiger partial charge is 0.387 e. The van der Waals surface area contributed by atoms with Crippen molar-refractivity contribution in [3.8, 4) is 0 Å². The summed E-state index contributed by atoms with van der Waals surface area (Å²) in [5.74, 6) is 0.488. The lowest BCUT2D eigenvalue weighted by Gasteiger charge is -2.24. The second-order valence-corrected chi connectivity index (χ2v) is 5.15. The van der Waals surface area contributed by atoms with Gasteiger partial charge in [-0.25, -0.2) is 0 Å². The fourth-order valence-corrected chi connectivity index (χ4v) is 2.74. The summed E-state index contributed by atoms with van der Waals surface area (Å²) in [6, 6.07) is 5.90. The Balaban J connectivity index is 2.13. The first-order valence-corrected chi connectivity index (χ1v) is 6.80. The minimum absolute atomic E-state index is 0.488.